The fourth-order valence-corrected chi connectivity index (χ4v) is 3.11. The van der Waals surface area contributed by atoms with E-state index in [9.17, 15) is 18.4 Å². The van der Waals surface area contributed by atoms with E-state index < -0.39 is 11.6 Å². The molecule has 0 saturated heterocycles. The monoisotopic (exact) mass is 412 g/mol. The zero-order chi connectivity index (χ0) is 21.8. The maximum atomic E-state index is 14.2. The summed E-state index contributed by atoms with van der Waals surface area (Å²) in [5.41, 5.74) is 3.08. The Morgan fingerprint density at radius 2 is 1.67 bits per heavy atom. The van der Waals surface area contributed by atoms with Gasteiger partial charge in [0.25, 0.3) is 0 Å². The third kappa shape index (κ3) is 4.71. The van der Waals surface area contributed by atoms with Crippen molar-refractivity contribution in [3.63, 3.8) is 0 Å². The van der Waals surface area contributed by atoms with Gasteiger partial charge >= 0.3 is 0 Å². The van der Waals surface area contributed by atoms with Crippen LogP contribution in [0.1, 0.15) is 30.3 Å². The van der Waals surface area contributed by atoms with Crippen molar-refractivity contribution in [1.82, 2.24) is 9.78 Å². The molecule has 1 heterocycles. The molecule has 2 amide bonds. The summed E-state index contributed by atoms with van der Waals surface area (Å²) in [4.78, 5) is 24.1. The largest absolute Gasteiger partial charge is 0.326 e. The normalized spacial score (nSPS) is 10.7. The molecule has 1 aromatic heterocycles. The number of aryl methyl sites for hydroxylation is 1. The van der Waals surface area contributed by atoms with Gasteiger partial charge in [0.1, 0.15) is 11.5 Å². The lowest BCUT2D eigenvalue weighted by atomic mass is 10.1. The van der Waals surface area contributed by atoms with E-state index in [0.717, 1.165) is 12.1 Å². The summed E-state index contributed by atoms with van der Waals surface area (Å²) in [5, 5.41) is 9.85. The van der Waals surface area contributed by atoms with Gasteiger partial charge in [-0.3, -0.25) is 9.59 Å². The smallest absolute Gasteiger partial charge is 0.228 e. The highest BCUT2D eigenvalue weighted by molar-refractivity contribution is 5.95. The van der Waals surface area contributed by atoms with Crippen LogP contribution in [0.2, 0.25) is 0 Å². The minimum absolute atomic E-state index is 0.0338. The summed E-state index contributed by atoms with van der Waals surface area (Å²) in [6.07, 6.45) is 0.389. The molecule has 0 aliphatic heterocycles. The summed E-state index contributed by atoms with van der Waals surface area (Å²) in [7, 11) is 0. The first-order valence-electron chi connectivity index (χ1n) is 9.48. The molecule has 0 aliphatic carbocycles. The molecule has 30 heavy (non-hydrogen) atoms. The lowest BCUT2D eigenvalue weighted by Crippen LogP contribution is -2.16. The van der Waals surface area contributed by atoms with Crippen LogP contribution < -0.4 is 10.6 Å². The molecule has 0 spiro atoms. The van der Waals surface area contributed by atoms with E-state index in [4.69, 9.17) is 0 Å². The number of hydrogen-bond acceptors (Lipinski definition) is 3. The number of halogens is 2. The zero-order valence-electron chi connectivity index (χ0n) is 16.9. The van der Waals surface area contributed by atoms with Crippen LogP contribution >= 0.6 is 0 Å². The first-order valence-corrected chi connectivity index (χ1v) is 9.48. The average Bonchev–Trinajstić information content (AvgIpc) is 2.96. The molecular formula is C22H22F2N4O2. The van der Waals surface area contributed by atoms with Gasteiger partial charge in [-0.05, 0) is 44.2 Å². The number of carbonyl (C=O) groups excluding carboxylic acids is 2. The first kappa shape index (κ1) is 21.2. The molecule has 156 valence electrons. The van der Waals surface area contributed by atoms with Crippen molar-refractivity contribution in [3.05, 3.63) is 71.1 Å². The van der Waals surface area contributed by atoms with Gasteiger partial charge in [0, 0.05) is 35.1 Å². The van der Waals surface area contributed by atoms with Crippen molar-refractivity contribution < 1.29 is 18.4 Å². The number of benzene rings is 2. The number of rotatable bonds is 6. The number of nitrogens with one attached hydrogen (secondary N) is 2. The Morgan fingerprint density at radius 3 is 2.30 bits per heavy atom. The van der Waals surface area contributed by atoms with Gasteiger partial charge < -0.3 is 10.6 Å². The van der Waals surface area contributed by atoms with Gasteiger partial charge in [0.05, 0.1) is 12.1 Å². The Labute approximate surface area is 172 Å². The highest BCUT2D eigenvalue weighted by atomic mass is 19.1. The fraction of sp³-hybridized carbons (Fsp3) is 0.227. The van der Waals surface area contributed by atoms with E-state index in [1.54, 1.807) is 45.0 Å². The molecule has 0 radical (unpaired) electrons. The van der Waals surface area contributed by atoms with Crippen molar-refractivity contribution in [3.8, 4) is 5.69 Å². The van der Waals surface area contributed by atoms with Crippen molar-refractivity contribution in [2.24, 2.45) is 0 Å². The number of anilines is 2. The lowest BCUT2D eigenvalue weighted by Gasteiger charge is -2.09. The summed E-state index contributed by atoms with van der Waals surface area (Å²) < 4.78 is 28.7. The van der Waals surface area contributed by atoms with E-state index in [1.165, 1.54) is 10.7 Å². The van der Waals surface area contributed by atoms with Gasteiger partial charge in [-0.2, -0.15) is 5.10 Å². The second kappa shape index (κ2) is 8.86. The molecular weight excluding hydrogens is 390 g/mol. The lowest BCUT2D eigenvalue weighted by molar-refractivity contribution is -0.116. The topological polar surface area (TPSA) is 76.0 Å². The second-order valence-electron chi connectivity index (χ2n) is 6.86. The molecule has 0 atom stereocenters. The van der Waals surface area contributed by atoms with Crippen LogP contribution in [0.15, 0.2) is 42.5 Å². The SMILES string of the molecule is CCC(=O)Nc1cccc(NC(=O)Cc2c(C)nn(-c3ccc(F)cc3F)c2C)c1. The van der Waals surface area contributed by atoms with Crippen molar-refractivity contribution in [2.75, 3.05) is 10.6 Å². The van der Waals surface area contributed by atoms with E-state index in [0.29, 0.717) is 34.7 Å². The van der Waals surface area contributed by atoms with Gasteiger partial charge in [0.2, 0.25) is 11.8 Å². The summed E-state index contributed by atoms with van der Waals surface area (Å²) in [6.45, 7) is 5.21. The number of aromatic nitrogens is 2. The minimum atomic E-state index is -0.734. The number of nitrogens with zero attached hydrogens (tertiary/aromatic N) is 2. The van der Waals surface area contributed by atoms with Crippen LogP contribution in [-0.4, -0.2) is 21.6 Å². The number of carbonyl (C=O) groups is 2. The Morgan fingerprint density at radius 1 is 1.00 bits per heavy atom. The van der Waals surface area contributed by atoms with Gasteiger partial charge in [-0.1, -0.05) is 13.0 Å². The third-order valence-corrected chi connectivity index (χ3v) is 4.67. The highest BCUT2D eigenvalue weighted by Crippen LogP contribution is 2.22. The van der Waals surface area contributed by atoms with E-state index in [-0.39, 0.29) is 23.9 Å². The number of hydrogen-bond donors (Lipinski definition) is 2. The van der Waals surface area contributed by atoms with Crippen LogP contribution in [0.3, 0.4) is 0 Å². The van der Waals surface area contributed by atoms with Crippen LogP contribution in [-0.2, 0) is 16.0 Å². The van der Waals surface area contributed by atoms with Crippen LogP contribution in [0.4, 0.5) is 20.2 Å². The highest BCUT2D eigenvalue weighted by Gasteiger charge is 2.18. The number of amides is 2. The van der Waals surface area contributed by atoms with Crippen LogP contribution in [0, 0.1) is 25.5 Å². The van der Waals surface area contributed by atoms with Crippen molar-refractivity contribution in [1.29, 1.82) is 0 Å². The van der Waals surface area contributed by atoms with Gasteiger partial charge in [-0.25, -0.2) is 13.5 Å². The summed E-state index contributed by atoms with van der Waals surface area (Å²) in [5.74, 6) is -1.80. The van der Waals surface area contributed by atoms with Crippen LogP contribution in [0.25, 0.3) is 5.69 Å². The fourth-order valence-electron chi connectivity index (χ4n) is 3.11. The standard InChI is InChI=1S/C22H22F2N4O2/c1-4-21(29)25-16-6-5-7-17(11-16)26-22(30)12-18-13(2)27-28(14(18)3)20-9-8-15(23)10-19(20)24/h5-11H,4,12H2,1-3H3,(H,25,29)(H,26,30). The Hall–Kier alpha value is -3.55. The zero-order valence-corrected chi connectivity index (χ0v) is 16.9. The molecule has 6 nitrogen and oxygen atoms in total. The maximum absolute atomic E-state index is 14.2. The van der Waals surface area contributed by atoms with E-state index >= 15 is 0 Å². The molecule has 0 fully saturated rings. The molecule has 3 rings (SSSR count). The molecule has 0 bridgehead atoms. The maximum Gasteiger partial charge on any atom is 0.228 e. The second-order valence-corrected chi connectivity index (χ2v) is 6.86. The van der Waals surface area contributed by atoms with E-state index in [2.05, 4.69) is 15.7 Å². The molecule has 8 heteroatoms. The van der Waals surface area contributed by atoms with Gasteiger partial charge in [-0.15, -0.1) is 0 Å². The molecule has 2 aromatic carbocycles. The van der Waals surface area contributed by atoms with Crippen LogP contribution in [0.5, 0.6) is 0 Å². The Kier molecular flexibility index (Phi) is 6.25. The summed E-state index contributed by atoms with van der Waals surface area (Å²) >= 11 is 0. The minimum Gasteiger partial charge on any atom is -0.326 e. The quantitative estimate of drug-likeness (QED) is 0.634. The molecule has 2 N–H and O–H groups in total. The Bertz CT molecular complexity index is 1110. The van der Waals surface area contributed by atoms with E-state index in [1.807, 2.05) is 0 Å². The van der Waals surface area contributed by atoms with Gasteiger partial charge in [0.15, 0.2) is 5.82 Å². The molecule has 0 saturated carbocycles. The molecule has 0 aliphatic rings. The molecule has 3 aromatic rings. The predicted molar refractivity (Wildman–Crippen MR) is 111 cm³/mol. The molecule has 0 unspecified atom stereocenters. The predicted octanol–water partition coefficient (Wildman–Crippen LogP) is 4.30. The average molecular weight is 412 g/mol. The first-order chi connectivity index (χ1) is 14.3. The Balaban J connectivity index is 1.77. The third-order valence-electron chi connectivity index (χ3n) is 4.67. The van der Waals surface area contributed by atoms with Crippen molar-refractivity contribution >= 4 is 23.2 Å². The van der Waals surface area contributed by atoms with Crippen molar-refractivity contribution in [2.45, 2.75) is 33.6 Å². The summed E-state index contributed by atoms with van der Waals surface area (Å²) in [6, 6.07) is 10.1.